The summed E-state index contributed by atoms with van der Waals surface area (Å²) in [5.74, 6) is -0.244. The highest BCUT2D eigenvalue weighted by molar-refractivity contribution is 5.99. The molecule has 25 heavy (non-hydrogen) atoms. The summed E-state index contributed by atoms with van der Waals surface area (Å²) in [7, 11) is 0. The third-order valence-corrected chi connectivity index (χ3v) is 3.83. The van der Waals surface area contributed by atoms with Crippen LogP contribution in [-0.2, 0) is 9.53 Å². The zero-order chi connectivity index (χ0) is 17.6. The van der Waals surface area contributed by atoms with Gasteiger partial charge in [0.25, 0.3) is 0 Å². The molecule has 0 aromatic heterocycles. The number of para-hydroxylation sites is 1. The third kappa shape index (κ3) is 4.34. The number of rotatable bonds is 4. The van der Waals surface area contributed by atoms with E-state index < -0.39 is 12.1 Å². The zero-order valence-electron chi connectivity index (χ0n) is 13.4. The number of ether oxygens (including phenoxy) is 1. The minimum Gasteiger partial charge on any atom is -0.394 e. The Bertz CT molecular complexity index is 734. The smallest absolute Gasteiger partial charge is 0.323 e. The number of benzene rings is 2. The Morgan fingerprint density at radius 1 is 1.08 bits per heavy atom. The molecule has 0 unspecified atom stereocenters. The van der Waals surface area contributed by atoms with E-state index in [1.54, 1.807) is 36.4 Å². The van der Waals surface area contributed by atoms with Crippen molar-refractivity contribution >= 4 is 23.3 Å². The van der Waals surface area contributed by atoms with Crippen LogP contribution in [0.4, 0.5) is 16.2 Å². The predicted molar refractivity (Wildman–Crippen MR) is 93.2 cm³/mol. The molecule has 1 heterocycles. The molecule has 2 atom stereocenters. The standard InChI is InChI=1S/C18H19N3O4/c22-10-15-17(25-11-16(23)21-15)12-6-8-14(9-7-12)20-18(24)19-13-4-2-1-3-5-13/h1-9,15,17,22H,10-11H2,(H,21,23)(H2,19,20,24)/t15-,17-/m1/s1. The van der Waals surface area contributed by atoms with Crippen LogP contribution in [0.3, 0.4) is 0 Å². The van der Waals surface area contributed by atoms with Gasteiger partial charge >= 0.3 is 6.03 Å². The van der Waals surface area contributed by atoms with Gasteiger partial charge in [-0.15, -0.1) is 0 Å². The van der Waals surface area contributed by atoms with E-state index in [9.17, 15) is 14.7 Å². The monoisotopic (exact) mass is 341 g/mol. The molecule has 130 valence electrons. The van der Waals surface area contributed by atoms with Gasteiger partial charge < -0.3 is 25.8 Å². The molecule has 0 radical (unpaired) electrons. The summed E-state index contributed by atoms with van der Waals surface area (Å²) < 4.78 is 5.51. The van der Waals surface area contributed by atoms with Crippen molar-refractivity contribution in [2.24, 2.45) is 0 Å². The van der Waals surface area contributed by atoms with Crippen molar-refractivity contribution in [1.82, 2.24) is 5.32 Å². The summed E-state index contributed by atoms with van der Waals surface area (Å²) in [5, 5.41) is 17.6. The summed E-state index contributed by atoms with van der Waals surface area (Å²) in [6, 6.07) is 15.4. The summed E-state index contributed by atoms with van der Waals surface area (Å²) in [6.07, 6.45) is -0.421. The van der Waals surface area contributed by atoms with E-state index in [-0.39, 0.29) is 25.2 Å². The first-order chi connectivity index (χ1) is 12.2. The molecule has 4 N–H and O–H groups in total. The van der Waals surface area contributed by atoms with Crippen molar-refractivity contribution in [2.75, 3.05) is 23.8 Å². The number of morpholine rings is 1. The van der Waals surface area contributed by atoms with Crippen LogP contribution < -0.4 is 16.0 Å². The number of carbonyl (C=O) groups excluding carboxylic acids is 2. The summed E-state index contributed by atoms with van der Waals surface area (Å²) in [6.45, 7) is -0.253. The lowest BCUT2D eigenvalue weighted by molar-refractivity contribution is -0.138. The molecule has 0 aliphatic carbocycles. The topological polar surface area (TPSA) is 99.7 Å². The van der Waals surface area contributed by atoms with Gasteiger partial charge in [-0.05, 0) is 29.8 Å². The maximum absolute atomic E-state index is 12.0. The molecule has 1 saturated heterocycles. The first kappa shape index (κ1) is 16.9. The molecule has 3 rings (SSSR count). The molecule has 0 bridgehead atoms. The third-order valence-electron chi connectivity index (χ3n) is 3.83. The highest BCUT2D eigenvalue weighted by Gasteiger charge is 2.30. The van der Waals surface area contributed by atoms with Gasteiger partial charge in [-0.1, -0.05) is 30.3 Å². The Labute approximate surface area is 145 Å². The van der Waals surface area contributed by atoms with Gasteiger partial charge in [-0.25, -0.2) is 4.79 Å². The van der Waals surface area contributed by atoms with E-state index in [1.165, 1.54) is 0 Å². The highest BCUT2D eigenvalue weighted by Crippen LogP contribution is 2.25. The number of anilines is 2. The number of hydrogen-bond acceptors (Lipinski definition) is 4. The lowest BCUT2D eigenvalue weighted by Gasteiger charge is -2.31. The van der Waals surface area contributed by atoms with Gasteiger partial charge in [0, 0.05) is 11.4 Å². The second kappa shape index (κ2) is 7.78. The van der Waals surface area contributed by atoms with Crippen LogP contribution in [0.2, 0.25) is 0 Å². The molecule has 1 aliphatic heterocycles. The number of carbonyl (C=O) groups is 2. The van der Waals surface area contributed by atoms with Crippen LogP contribution in [0.1, 0.15) is 11.7 Å². The molecule has 2 aromatic rings. The minimum atomic E-state index is -0.485. The maximum Gasteiger partial charge on any atom is 0.323 e. The molecule has 7 nitrogen and oxygen atoms in total. The summed E-state index contributed by atoms with van der Waals surface area (Å²) in [4.78, 5) is 23.3. The van der Waals surface area contributed by atoms with Crippen LogP contribution in [0.15, 0.2) is 54.6 Å². The fourth-order valence-electron chi connectivity index (χ4n) is 2.65. The highest BCUT2D eigenvalue weighted by atomic mass is 16.5. The average Bonchev–Trinajstić information content (AvgIpc) is 2.63. The Morgan fingerprint density at radius 2 is 1.72 bits per heavy atom. The number of nitrogens with one attached hydrogen (secondary N) is 3. The van der Waals surface area contributed by atoms with E-state index in [0.29, 0.717) is 11.4 Å². The van der Waals surface area contributed by atoms with Crippen molar-refractivity contribution in [2.45, 2.75) is 12.1 Å². The average molecular weight is 341 g/mol. The number of hydrogen-bond donors (Lipinski definition) is 4. The minimum absolute atomic E-state index is 0.0410. The molecule has 1 aliphatic rings. The van der Waals surface area contributed by atoms with Crippen LogP contribution in [0.25, 0.3) is 0 Å². The van der Waals surface area contributed by atoms with Gasteiger partial charge in [0.15, 0.2) is 0 Å². The van der Waals surface area contributed by atoms with Crippen molar-refractivity contribution in [3.05, 3.63) is 60.2 Å². The number of aliphatic hydroxyl groups is 1. The Hall–Kier alpha value is -2.90. The largest absolute Gasteiger partial charge is 0.394 e. The quantitative estimate of drug-likeness (QED) is 0.682. The lowest BCUT2D eigenvalue weighted by Crippen LogP contribution is -2.49. The Balaban J connectivity index is 1.62. The normalized spacial score (nSPS) is 19.8. The van der Waals surface area contributed by atoms with E-state index >= 15 is 0 Å². The molecule has 7 heteroatoms. The zero-order valence-corrected chi connectivity index (χ0v) is 13.4. The van der Waals surface area contributed by atoms with Crippen molar-refractivity contribution in [3.63, 3.8) is 0 Å². The maximum atomic E-state index is 12.0. The molecule has 2 aromatic carbocycles. The van der Waals surface area contributed by atoms with Gasteiger partial charge in [-0.3, -0.25) is 4.79 Å². The van der Waals surface area contributed by atoms with E-state index in [4.69, 9.17) is 4.74 Å². The molecule has 1 fully saturated rings. The molecular weight excluding hydrogens is 322 g/mol. The first-order valence-corrected chi connectivity index (χ1v) is 7.90. The van der Waals surface area contributed by atoms with Crippen molar-refractivity contribution < 1.29 is 19.4 Å². The summed E-state index contributed by atoms with van der Waals surface area (Å²) in [5.41, 5.74) is 2.14. The van der Waals surface area contributed by atoms with Crippen LogP contribution in [-0.4, -0.2) is 36.3 Å². The van der Waals surface area contributed by atoms with Gasteiger partial charge in [0.1, 0.15) is 12.7 Å². The van der Waals surface area contributed by atoms with Gasteiger partial charge in [0.2, 0.25) is 5.91 Å². The number of aliphatic hydroxyl groups excluding tert-OH is 1. The van der Waals surface area contributed by atoms with Gasteiger partial charge in [0.05, 0.1) is 12.6 Å². The van der Waals surface area contributed by atoms with Crippen LogP contribution >= 0.6 is 0 Å². The molecule has 3 amide bonds. The SMILES string of the molecule is O=C1CO[C@H](c2ccc(NC(=O)Nc3ccccc3)cc2)[C@@H](CO)N1. The van der Waals surface area contributed by atoms with E-state index in [0.717, 1.165) is 5.56 Å². The fraction of sp³-hybridized carbons (Fsp3) is 0.222. The Morgan fingerprint density at radius 3 is 2.36 bits per heavy atom. The van der Waals surface area contributed by atoms with E-state index in [2.05, 4.69) is 16.0 Å². The van der Waals surface area contributed by atoms with E-state index in [1.807, 2.05) is 18.2 Å². The molecule has 0 saturated carbocycles. The lowest BCUT2D eigenvalue weighted by atomic mass is 10.0. The van der Waals surface area contributed by atoms with Crippen molar-refractivity contribution in [1.29, 1.82) is 0 Å². The van der Waals surface area contributed by atoms with Crippen LogP contribution in [0.5, 0.6) is 0 Å². The molecule has 0 spiro atoms. The summed E-state index contributed by atoms with van der Waals surface area (Å²) >= 11 is 0. The predicted octanol–water partition coefficient (Wildman–Crippen LogP) is 1.88. The number of amides is 3. The first-order valence-electron chi connectivity index (χ1n) is 7.90. The second-order valence-electron chi connectivity index (χ2n) is 5.66. The molecular formula is C18H19N3O4. The second-order valence-corrected chi connectivity index (χ2v) is 5.66. The Kier molecular flexibility index (Phi) is 5.27. The van der Waals surface area contributed by atoms with Crippen LogP contribution in [0, 0.1) is 0 Å². The number of urea groups is 1. The fourth-order valence-corrected chi connectivity index (χ4v) is 2.65. The van der Waals surface area contributed by atoms with Crippen molar-refractivity contribution in [3.8, 4) is 0 Å². The van der Waals surface area contributed by atoms with Gasteiger partial charge in [-0.2, -0.15) is 0 Å².